The van der Waals surface area contributed by atoms with Crippen molar-refractivity contribution in [2.75, 3.05) is 10.8 Å². The first-order valence-electron chi connectivity index (χ1n) is 12.6. The van der Waals surface area contributed by atoms with Gasteiger partial charge in [0.1, 0.15) is 12.6 Å². The highest BCUT2D eigenvalue weighted by atomic mass is 35.5. The normalized spacial score (nSPS) is 12.7. The predicted molar refractivity (Wildman–Crippen MR) is 153 cm³/mol. The lowest BCUT2D eigenvalue weighted by molar-refractivity contribution is -0.384. The molecule has 3 aromatic carbocycles. The molecule has 0 radical (unpaired) electrons. The highest BCUT2D eigenvalue weighted by molar-refractivity contribution is 7.92. The zero-order valence-electron chi connectivity index (χ0n) is 22.4. The molecule has 0 saturated carbocycles. The number of amides is 2. The number of nitrogens with zero attached hydrogens (tertiary/aromatic N) is 3. The summed E-state index contributed by atoms with van der Waals surface area (Å²) in [6, 6.07) is 18.2. The van der Waals surface area contributed by atoms with Crippen molar-refractivity contribution in [3.63, 3.8) is 0 Å². The average molecular weight is 587 g/mol. The Morgan fingerprint density at radius 2 is 1.57 bits per heavy atom. The van der Waals surface area contributed by atoms with Gasteiger partial charge < -0.3 is 10.2 Å². The van der Waals surface area contributed by atoms with E-state index in [1.54, 1.807) is 49.4 Å². The molecule has 10 nitrogen and oxygen atoms in total. The number of hydrogen-bond acceptors (Lipinski definition) is 6. The van der Waals surface area contributed by atoms with E-state index in [1.165, 1.54) is 29.2 Å². The third kappa shape index (κ3) is 7.36. The Bertz CT molecular complexity index is 1450. The van der Waals surface area contributed by atoms with Crippen LogP contribution in [0.25, 0.3) is 0 Å². The zero-order chi connectivity index (χ0) is 29.4. The molecule has 212 valence electrons. The number of hydrogen-bond donors (Lipinski definition) is 1. The first-order valence-corrected chi connectivity index (χ1v) is 14.4. The topological polar surface area (TPSA) is 130 Å². The molecule has 0 aliphatic heterocycles. The van der Waals surface area contributed by atoms with Crippen molar-refractivity contribution >= 4 is 44.8 Å². The van der Waals surface area contributed by atoms with Gasteiger partial charge in [0.2, 0.25) is 11.8 Å². The molecular weight excluding hydrogens is 556 g/mol. The maximum Gasteiger partial charge on any atom is 0.269 e. The van der Waals surface area contributed by atoms with Gasteiger partial charge in [-0.15, -0.1) is 0 Å². The maximum absolute atomic E-state index is 13.9. The van der Waals surface area contributed by atoms with Crippen molar-refractivity contribution in [2.45, 2.75) is 50.7 Å². The summed E-state index contributed by atoms with van der Waals surface area (Å²) in [5, 5.41) is 14.4. The van der Waals surface area contributed by atoms with Gasteiger partial charge in [-0.05, 0) is 56.2 Å². The van der Waals surface area contributed by atoms with Gasteiger partial charge >= 0.3 is 0 Å². The molecule has 0 aliphatic carbocycles. The van der Waals surface area contributed by atoms with E-state index >= 15 is 0 Å². The number of sulfonamides is 1. The van der Waals surface area contributed by atoms with Crippen LogP contribution in [0.4, 0.5) is 11.4 Å². The summed E-state index contributed by atoms with van der Waals surface area (Å²) in [7, 11) is -4.28. The van der Waals surface area contributed by atoms with E-state index in [2.05, 4.69) is 5.32 Å². The Kier molecular flexibility index (Phi) is 10.2. The summed E-state index contributed by atoms with van der Waals surface area (Å²) < 4.78 is 28.3. The Morgan fingerprint density at radius 1 is 0.975 bits per heavy atom. The number of carbonyl (C=O) groups excluding carboxylic acids is 2. The zero-order valence-corrected chi connectivity index (χ0v) is 23.9. The van der Waals surface area contributed by atoms with Crippen LogP contribution in [0.15, 0.2) is 83.8 Å². The molecule has 0 spiro atoms. The molecule has 40 heavy (non-hydrogen) atoms. The Morgan fingerprint density at radius 3 is 2.15 bits per heavy atom. The van der Waals surface area contributed by atoms with Crippen LogP contribution in [-0.4, -0.2) is 48.7 Å². The van der Waals surface area contributed by atoms with Gasteiger partial charge in [0.25, 0.3) is 15.7 Å². The minimum atomic E-state index is -4.28. The summed E-state index contributed by atoms with van der Waals surface area (Å²) in [5.41, 5.74) is 0.397. The van der Waals surface area contributed by atoms with Crippen LogP contribution in [0.5, 0.6) is 0 Å². The quantitative estimate of drug-likeness (QED) is 0.240. The van der Waals surface area contributed by atoms with Crippen molar-refractivity contribution in [3.05, 3.63) is 99.6 Å². The standard InChI is InChI=1S/C28H31ClN4O6S/c1-4-20(2)30-28(35)21(3)31(18-22-10-8-9-13-26(22)29)27(34)19-32(23-14-16-24(17-15-23)33(36)37)40(38,39)25-11-6-5-7-12-25/h5-17,20-21H,4,18-19H2,1-3H3,(H,30,35). The Balaban J connectivity index is 2.04. The van der Waals surface area contributed by atoms with Crippen molar-refractivity contribution < 1.29 is 22.9 Å². The lowest BCUT2D eigenvalue weighted by Gasteiger charge is -2.32. The molecular formula is C28H31ClN4O6S. The van der Waals surface area contributed by atoms with Crippen LogP contribution in [0.1, 0.15) is 32.8 Å². The first-order chi connectivity index (χ1) is 18.9. The Hall–Kier alpha value is -3.96. The van der Waals surface area contributed by atoms with Gasteiger partial charge in [-0.1, -0.05) is 54.9 Å². The van der Waals surface area contributed by atoms with E-state index in [0.717, 1.165) is 16.4 Å². The number of rotatable bonds is 12. The molecule has 2 unspecified atom stereocenters. The number of nitrogens with one attached hydrogen (secondary N) is 1. The van der Waals surface area contributed by atoms with Gasteiger partial charge in [0.15, 0.2) is 0 Å². The van der Waals surface area contributed by atoms with Gasteiger partial charge in [0.05, 0.1) is 15.5 Å². The SMILES string of the molecule is CCC(C)NC(=O)C(C)N(Cc1ccccc1Cl)C(=O)CN(c1ccc([N+](=O)[O-])cc1)S(=O)(=O)c1ccccc1. The maximum atomic E-state index is 13.9. The average Bonchev–Trinajstić information content (AvgIpc) is 2.95. The predicted octanol–water partition coefficient (Wildman–Crippen LogP) is 4.78. The van der Waals surface area contributed by atoms with Gasteiger partial charge in [0, 0.05) is 29.7 Å². The van der Waals surface area contributed by atoms with Gasteiger partial charge in [-0.3, -0.25) is 24.0 Å². The summed E-state index contributed by atoms with van der Waals surface area (Å²) in [6.45, 7) is 4.61. The van der Waals surface area contributed by atoms with Crippen molar-refractivity contribution in [2.24, 2.45) is 0 Å². The third-order valence-electron chi connectivity index (χ3n) is 6.43. The molecule has 3 aromatic rings. The molecule has 2 amide bonds. The molecule has 0 saturated heterocycles. The number of anilines is 1. The second-order valence-electron chi connectivity index (χ2n) is 9.21. The van der Waals surface area contributed by atoms with Gasteiger partial charge in [-0.25, -0.2) is 8.42 Å². The molecule has 12 heteroatoms. The summed E-state index contributed by atoms with van der Waals surface area (Å²) >= 11 is 6.36. The summed E-state index contributed by atoms with van der Waals surface area (Å²) in [4.78, 5) is 38.7. The van der Waals surface area contributed by atoms with Crippen molar-refractivity contribution in [1.29, 1.82) is 0 Å². The number of benzene rings is 3. The largest absolute Gasteiger partial charge is 0.352 e. The lowest BCUT2D eigenvalue weighted by Crippen LogP contribution is -2.52. The minimum absolute atomic E-state index is 0.0485. The minimum Gasteiger partial charge on any atom is -0.352 e. The van der Waals surface area contributed by atoms with Crippen LogP contribution in [0.2, 0.25) is 5.02 Å². The molecule has 0 aromatic heterocycles. The molecule has 0 heterocycles. The Labute approximate surface area is 238 Å². The number of nitro benzene ring substituents is 1. The molecule has 0 bridgehead atoms. The highest BCUT2D eigenvalue weighted by Gasteiger charge is 2.33. The van der Waals surface area contributed by atoms with E-state index < -0.39 is 39.3 Å². The van der Waals surface area contributed by atoms with Gasteiger partial charge in [-0.2, -0.15) is 0 Å². The fraction of sp³-hybridized carbons (Fsp3) is 0.286. The van der Waals surface area contributed by atoms with Crippen LogP contribution >= 0.6 is 11.6 Å². The van der Waals surface area contributed by atoms with Crippen LogP contribution in [-0.2, 0) is 26.2 Å². The fourth-order valence-corrected chi connectivity index (χ4v) is 5.48. The smallest absolute Gasteiger partial charge is 0.269 e. The van der Waals surface area contributed by atoms with Crippen LogP contribution in [0, 0.1) is 10.1 Å². The van der Waals surface area contributed by atoms with E-state index in [9.17, 15) is 28.1 Å². The molecule has 2 atom stereocenters. The fourth-order valence-electron chi connectivity index (χ4n) is 3.85. The van der Waals surface area contributed by atoms with Crippen LogP contribution in [0.3, 0.4) is 0 Å². The number of nitro groups is 1. The summed E-state index contributed by atoms with van der Waals surface area (Å²) in [5.74, 6) is -1.06. The molecule has 0 aliphatic rings. The van der Waals surface area contributed by atoms with Crippen LogP contribution < -0.4 is 9.62 Å². The van der Waals surface area contributed by atoms with Crippen molar-refractivity contribution in [3.8, 4) is 0 Å². The van der Waals surface area contributed by atoms with E-state index in [4.69, 9.17) is 11.6 Å². The number of carbonyl (C=O) groups is 2. The van der Waals surface area contributed by atoms with E-state index in [1.807, 2.05) is 13.8 Å². The molecule has 1 N–H and O–H groups in total. The summed E-state index contributed by atoms with van der Waals surface area (Å²) in [6.07, 6.45) is 0.681. The van der Waals surface area contributed by atoms with E-state index in [-0.39, 0.29) is 28.9 Å². The third-order valence-corrected chi connectivity index (χ3v) is 8.58. The van der Waals surface area contributed by atoms with Crippen molar-refractivity contribution in [1.82, 2.24) is 10.2 Å². The number of halogens is 1. The second kappa shape index (κ2) is 13.4. The monoisotopic (exact) mass is 586 g/mol. The number of non-ortho nitro benzene ring substituents is 1. The first kappa shape index (κ1) is 30.6. The van der Waals surface area contributed by atoms with E-state index in [0.29, 0.717) is 17.0 Å². The highest BCUT2D eigenvalue weighted by Crippen LogP contribution is 2.27. The second-order valence-corrected chi connectivity index (χ2v) is 11.5. The lowest BCUT2D eigenvalue weighted by atomic mass is 10.1. The molecule has 0 fully saturated rings. The molecule has 3 rings (SSSR count).